The highest BCUT2D eigenvalue weighted by Gasteiger charge is 2.07. The second kappa shape index (κ2) is 6.06. The molecule has 0 spiro atoms. The molecule has 0 aliphatic rings. The van der Waals surface area contributed by atoms with Crippen LogP contribution < -0.4 is 4.74 Å². The average molecular weight is 293 g/mol. The summed E-state index contributed by atoms with van der Waals surface area (Å²) >= 11 is 3.58. The SMILES string of the molecule is CCCCC(Br)Oc1cccc2ccccc12. The van der Waals surface area contributed by atoms with Crippen LogP contribution in [-0.2, 0) is 0 Å². The van der Waals surface area contributed by atoms with Crippen LogP contribution in [-0.4, -0.2) is 5.01 Å². The maximum Gasteiger partial charge on any atom is 0.153 e. The zero-order chi connectivity index (χ0) is 12.1. The van der Waals surface area contributed by atoms with E-state index in [2.05, 4.69) is 47.1 Å². The monoisotopic (exact) mass is 292 g/mol. The van der Waals surface area contributed by atoms with Gasteiger partial charge in [0, 0.05) is 5.39 Å². The number of halogens is 1. The Bertz CT molecular complexity index is 476. The van der Waals surface area contributed by atoms with Crippen LogP contribution in [0.2, 0.25) is 0 Å². The summed E-state index contributed by atoms with van der Waals surface area (Å²) < 4.78 is 5.95. The quantitative estimate of drug-likeness (QED) is 0.694. The van der Waals surface area contributed by atoms with Crippen molar-refractivity contribution in [1.29, 1.82) is 0 Å². The molecule has 0 bridgehead atoms. The van der Waals surface area contributed by atoms with Gasteiger partial charge in [0.15, 0.2) is 5.01 Å². The van der Waals surface area contributed by atoms with E-state index in [0.717, 1.165) is 12.2 Å². The van der Waals surface area contributed by atoms with E-state index in [9.17, 15) is 0 Å². The van der Waals surface area contributed by atoms with Gasteiger partial charge in [0.1, 0.15) is 5.75 Å². The number of rotatable bonds is 5. The normalized spacial score (nSPS) is 12.6. The van der Waals surface area contributed by atoms with Crippen LogP contribution in [0.15, 0.2) is 42.5 Å². The van der Waals surface area contributed by atoms with Crippen molar-refractivity contribution in [2.45, 2.75) is 31.2 Å². The molecule has 2 aromatic rings. The Kier molecular flexibility index (Phi) is 4.43. The van der Waals surface area contributed by atoms with Gasteiger partial charge in [0.25, 0.3) is 0 Å². The Morgan fingerprint density at radius 1 is 1.12 bits per heavy atom. The van der Waals surface area contributed by atoms with E-state index in [-0.39, 0.29) is 5.01 Å². The van der Waals surface area contributed by atoms with Crippen molar-refractivity contribution in [3.8, 4) is 5.75 Å². The molecule has 2 aromatic carbocycles. The van der Waals surface area contributed by atoms with Crippen LogP contribution in [0, 0.1) is 0 Å². The van der Waals surface area contributed by atoms with Crippen molar-refractivity contribution < 1.29 is 4.74 Å². The molecule has 2 heteroatoms. The first-order chi connectivity index (χ1) is 8.31. The Labute approximate surface area is 111 Å². The van der Waals surface area contributed by atoms with Crippen LogP contribution in [0.4, 0.5) is 0 Å². The molecule has 0 aliphatic carbocycles. The van der Waals surface area contributed by atoms with E-state index < -0.39 is 0 Å². The van der Waals surface area contributed by atoms with Gasteiger partial charge < -0.3 is 4.74 Å². The minimum atomic E-state index is 0.105. The minimum Gasteiger partial charge on any atom is -0.479 e. The molecule has 90 valence electrons. The van der Waals surface area contributed by atoms with E-state index in [1.54, 1.807) is 0 Å². The maximum absolute atomic E-state index is 5.95. The Balaban J connectivity index is 2.18. The van der Waals surface area contributed by atoms with Gasteiger partial charge in [-0.15, -0.1) is 0 Å². The highest BCUT2D eigenvalue weighted by atomic mass is 79.9. The van der Waals surface area contributed by atoms with E-state index >= 15 is 0 Å². The Morgan fingerprint density at radius 2 is 1.88 bits per heavy atom. The van der Waals surface area contributed by atoms with Crippen molar-refractivity contribution in [1.82, 2.24) is 0 Å². The summed E-state index contributed by atoms with van der Waals surface area (Å²) in [5, 5.41) is 2.50. The number of unbranched alkanes of at least 4 members (excludes halogenated alkanes) is 1. The maximum atomic E-state index is 5.95. The van der Waals surface area contributed by atoms with Gasteiger partial charge in [-0.05, 0) is 40.2 Å². The highest BCUT2D eigenvalue weighted by Crippen LogP contribution is 2.27. The summed E-state index contributed by atoms with van der Waals surface area (Å²) in [6.45, 7) is 2.19. The molecule has 1 atom stereocenters. The van der Waals surface area contributed by atoms with Crippen LogP contribution in [0.5, 0.6) is 5.75 Å². The predicted molar refractivity (Wildman–Crippen MR) is 76.8 cm³/mol. The Morgan fingerprint density at radius 3 is 2.71 bits per heavy atom. The third kappa shape index (κ3) is 3.22. The minimum absolute atomic E-state index is 0.105. The molecule has 0 heterocycles. The molecular formula is C15H17BrO. The van der Waals surface area contributed by atoms with Gasteiger partial charge in [0.2, 0.25) is 0 Å². The summed E-state index contributed by atoms with van der Waals surface area (Å²) in [6.07, 6.45) is 3.42. The second-order valence-electron chi connectivity index (χ2n) is 4.15. The lowest BCUT2D eigenvalue weighted by Gasteiger charge is -2.14. The molecule has 0 radical (unpaired) electrons. The second-order valence-corrected chi connectivity index (χ2v) is 5.17. The van der Waals surface area contributed by atoms with E-state index in [0.29, 0.717) is 0 Å². The van der Waals surface area contributed by atoms with E-state index in [4.69, 9.17) is 4.74 Å². The zero-order valence-corrected chi connectivity index (χ0v) is 11.6. The van der Waals surface area contributed by atoms with Crippen LogP contribution in [0.25, 0.3) is 10.8 Å². The summed E-state index contributed by atoms with van der Waals surface area (Å²) in [4.78, 5) is 0. The lowest BCUT2D eigenvalue weighted by Crippen LogP contribution is -2.07. The van der Waals surface area contributed by atoms with Crippen molar-refractivity contribution in [3.63, 3.8) is 0 Å². The van der Waals surface area contributed by atoms with Gasteiger partial charge in [-0.2, -0.15) is 0 Å². The molecular weight excluding hydrogens is 276 g/mol. The molecule has 1 unspecified atom stereocenters. The largest absolute Gasteiger partial charge is 0.479 e. The molecule has 1 nitrogen and oxygen atoms in total. The van der Waals surface area contributed by atoms with Crippen LogP contribution in [0.1, 0.15) is 26.2 Å². The fourth-order valence-electron chi connectivity index (χ4n) is 1.86. The highest BCUT2D eigenvalue weighted by molar-refractivity contribution is 9.09. The molecule has 0 N–H and O–H groups in total. The van der Waals surface area contributed by atoms with E-state index in [1.165, 1.54) is 23.6 Å². The van der Waals surface area contributed by atoms with Crippen molar-refractivity contribution in [2.24, 2.45) is 0 Å². The number of alkyl halides is 1. The Hall–Kier alpha value is -1.02. The van der Waals surface area contributed by atoms with Crippen molar-refractivity contribution >= 4 is 26.7 Å². The number of benzene rings is 2. The lowest BCUT2D eigenvalue weighted by molar-refractivity contribution is 0.282. The van der Waals surface area contributed by atoms with Gasteiger partial charge in [-0.1, -0.05) is 49.7 Å². The summed E-state index contributed by atoms with van der Waals surface area (Å²) in [7, 11) is 0. The number of hydrogen-bond acceptors (Lipinski definition) is 1. The fourth-order valence-corrected chi connectivity index (χ4v) is 2.38. The zero-order valence-electron chi connectivity index (χ0n) is 10.0. The molecule has 0 amide bonds. The molecule has 0 saturated heterocycles. The van der Waals surface area contributed by atoms with Gasteiger partial charge in [-0.25, -0.2) is 0 Å². The first kappa shape index (κ1) is 12.4. The first-order valence-electron chi connectivity index (χ1n) is 6.09. The molecule has 2 rings (SSSR count). The van der Waals surface area contributed by atoms with Gasteiger partial charge in [0.05, 0.1) is 0 Å². The summed E-state index contributed by atoms with van der Waals surface area (Å²) in [5.41, 5.74) is 0. The number of hydrogen-bond donors (Lipinski definition) is 0. The molecule has 0 saturated carbocycles. The first-order valence-corrected chi connectivity index (χ1v) is 7.01. The third-order valence-electron chi connectivity index (χ3n) is 2.79. The smallest absolute Gasteiger partial charge is 0.153 e. The molecule has 0 fully saturated rings. The molecule has 17 heavy (non-hydrogen) atoms. The lowest BCUT2D eigenvalue weighted by atomic mass is 10.1. The molecule has 0 aromatic heterocycles. The van der Waals surface area contributed by atoms with Gasteiger partial charge in [-0.3, -0.25) is 0 Å². The van der Waals surface area contributed by atoms with Crippen LogP contribution in [0.3, 0.4) is 0 Å². The number of fused-ring (bicyclic) bond motifs is 1. The van der Waals surface area contributed by atoms with Crippen LogP contribution >= 0.6 is 15.9 Å². The standard InChI is InChI=1S/C15H17BrO/c1-2-3-11-15(16)17-14-10-6-8-12-7-4-5-9-13(12)14/h4-10,15H,2-3,11H2,1H3. The third-order valence-corrected chi connectivity index (χ3v) is 3.43. The summed E-state index contributed by atoms with van der Waals surface area (Å²) in [6, 6.07) is 14.5. The number of ether oxygens (including phenoxy) is 1. The average Bonchev–Trinajstić information content (AvgIpc) is 2.37. The topological polar surface area (TPSA) is 9.23 Å². The van der Waals surface area contributed by atoms with Crippen molar-refractivity contribution in [2.75, 3.05) is 0 Å². The van der Waals surface area contributed by atoms with Gasteiger partial charge >= 0.3 is 0 Å². The van der Waals surface area contributed by atoms with E-state index in [1.807, 2.05) is 18.2 Å². The molecule has 0 aliphatic heterocycles. The van der Waals surface area contributed by atoms with Crippen molar-refractivity contribution in [3.05, 3.63) is 42.5 Å². The summed E-state index contributed by atoms with van der Waals surface area (Å²) in [5.74, 6) is 0.959. The predicted octanol–water partition coefficient (Wildman–Crippen LogP) is 5.13. The fraction of sp³-hybridized carbons (Fsp3) is 0.333.